The predicted octanol–water partition coefficient (Wildman–Crippen LogP) is 4.68. The lowest BCUT2D eigenvalue weighted by atomic mass is 10.0. The summed E-state index contributed by atoms with van der Waals surface area (Å²) in [6.45, 7) is 5.35. The Labute approximate surface area is 174 Å². The van der Waals surface area contributed by atoms with E-state index in [2.05, 4.69) is 10.1 Å². The standard InChI is InChI=1S/C22H22ClN5O/c1-4-28-14(2)15(12-25-28)13-27(3)22(29)18-11-21(20-6-5-9-24-20)26-19-8-7-16(23)10-17(18)19/h5-12,24H,4,13H2,1-3H3. The molecular weight excluding hydrogens is 386 g/mol. The van der Waals surface area contributed by atoms with Crippen LogP contribution >= 0.6 is 11.6 Å². The molecule has 0 bridgehead atoms. The third-order valence-electron chi connectivity index (χ3n) is 5.13. The van der Waals surface area contributed by atoms with E-state index in [0.717, 1.165) is 40.1 Å². The molecule has 148 valence electrons. The number of carbonyl (C=O) groups is 1. The summed E-state index contributed by atoms with van der Waals surface area (Å²) in [5, 5.41) is 5.69. The van der Waals surface area contributed by atoms with E-state index in [1.54, 1.807) is 24.1 Å². The van der Waals surface area contributed by atoms with Crippen LogP contribution in [0.1, 0.15) is 28.5 Å². The summed E-state index contributed by atoms with van der Waals surface area (Å²) in [6.07, 6.45) is 3.67. The maximum Gasteiger partial charge on any atom is 0.254 e. The van der Waals surface area contributed by atoms with Crippen LogP contribution in [0.3, 0.4) is 0 Å². The number of halogens is 1. The molecule has 0 aliphatic heterocycles. The molecule has 3 heterocycles. The lowest BCUT2D eigenvalue weighted by molar-refractivity contribution is 0.0787. The second-order valence-electron chi connectivity index (χ2n) is 7.03. The van der Waals surface area contributed by atoms with Crippen molar-refractivity contribution in [1.82, 2.24) is 24.6 Å². The van der Waals surface area contributed by atoms with Gasteiger partial charge in [0, 0.05) is 48.0 Å². The van der Waals surface area contributed by atoms with E-state index in [1.807, 2.05) is 55.2 Å². The van der Waals surface area contributed by atoms with Crippen LogP contribution in [0.15, 0.2) is 48.8 Å². The first-order valence-electron chi connectivity index (χ1n) is 9.48. The van der Waals surface area contributed by atoms with Crippen molar-refractivity contribution in [2.24, 2.45) is 0 Å². The van der Waals surface area contributed by atoms with Crippen molar-refractivity contribution < 1.29 is 4.79 Å². The number of pyridine rings is 1. The normalized spacial score (nSPS) is 11.2. The third kappa shape index (κ3) is 3.63. The lowest BCUT2D eigenvalue weighted by Gasteiger charge is -2.19. The maximum absolute atomic E-state index is 13.4. The van der Waals surface area contributed by atoms with E-state index < -0.39 is 0 Å². The minimum Gasteiger partial charge on any atom is -0.360 e. The minimum absolute atomic E-state index is 0.0869. The highest BCUT2D eigenvalue weighted by molar-refractivity contribution is 6.31. The molecule has 0 saturated heterocycles. The van der Waals surface area contributed by atoms with E-state index in [1.165, 1.54) is 0 Å². The molecule has 29 heavy (non-hydrogen) atoms. The molecule has 6 nitrogen and oxygen atoms in total. The Morgan fingerprint density at radius 2 is 2.10 bits per heavy atom. The smallest absolute Gasteiger partial charge is 0.254 e. The van der Waals surface area contributed by atoms with Gasteiger partial charge in [-0.3, -0.25) is 9.48 Å². The fourth-order valence-electron chi connectivity index (χ4n) is 3.49. The van der Waals surface area contributed by atoms with Crippen LogP contribution in [0.2, 0.25) is 5.02 Å². The number of H-pyrrole nitrogens is 1. The number of nitrogens with zero attached hydrogens (tertiary/aromatic N) is 4. The maximum atomic E-state index is 13.4. The molecule has 1 amide bonds. The number of aromatic amines is 1. The Hall–Kier alpha value is -3.12. The van der Waals surface area contributed by atoms with Crippen molar-refractivity contribution in [3.05, 3.63) is 70.6 Å². The van der Waals surface area contributed by atoms with Gasteiger partial charge in [0.05, 0.1) is 28.7 Å². The Kier molecular flexibility index (Phi) is 5.11. The Morgan fingerprint density at radius 3 is 2.79 bits per heavy atom. The van der Waals surface area contributed by atoms with Gasteiger partial charge in [0.25, 0.3) is 5.91 Å². The minimum atomic E-state index is -0.0869. The number of carbonyl (C=O) groups excluding carboxylic acids is 1. The number of rotatable bonds is 5. The topological polar surface area (TPSA) is 66.8 Å². The molecule has 0 aliphatic carbocycles. The van der Waals surface area contributed by atoms with Gasteiger partial charge < -0.3 is 9.88 Å². The molecular formula is C22H22ClN5O. The Balaban J connectivity index is 1.75. The zero-order valence-corrected chi connectivity index (χ0v) is 17.4. The first-order chi connectivity index (χ1) is 14.0. The molecule has 0 atom stereocenters. The molecule has 0 saturated carbocycles. The van der Waals surface area contributed by atoms with Gasteiger partial charge >= 0.3 is 0 Å². The van der Waals surface area contributed by atoms with Crippen molar-refractivity contribution in [1.29, 1.82) is 0 Å². The molecule has 7 heteroatoms. The van der Waals surface area contributed by atoms with E-state index in [-0.39, 0.29) is 5.91 Å². The second-order valence-corrected chi connectivity index (χ2v) is 7.47. The number of hydrogen-bond donors (Lipinski definition) is 1. The van der Waals surface area contributed by atoms with Crippen LogP contribution < -0.4 is 0 Å². The SMILES string of the molecule is CCn1ncc(CN(C)C(=O)c2cc(-c3ccc[nH]3)nc3ccc(Cl)cc23)c1C. The first-order valence-corrected chi connectivity index (χ1v) is 9.86. The van der Waals surface area contributed by atoms with Gasteiger partial charge in [-0.15, -0.1) is 0 Å². The fourth-order valence-corrected chi connectivity index (χ4v) is 3.67. The summed E-state index contributed by atoms with van der Waals surface area (Å²) >= 11 is 6.21. The van der Waals surface area contributed by atoms with Crippen molar-refractivity contribution in [3.8, 4) is 11.4 Å². The molecule has 0 unspecified atom stereocenters. The van der Waals surface area contributed by atoms with Gasteiger partial charge in [0.1, 0.15) is 0 Å². The molecule has 4 aromatic rings. The highest BCUT2D eigenvalue weighted by Crippen LogP contribution is 2.27. The van der Waals surface area contributed by atoms with Gasteiger partial charge in [-0.1, -0.05) is 11.6 Å². The molecule has 0 spiro atoms. The van der Waals surface area contributed by atoms with Crippen LogP contribution in [-0.2, 0) is 13.1 Å². The molecule has 1 N–H and O–H groups in total. The van der Waals surface area contributed by atoms with Crippen molar-refractivity contribution in [2.75, 3.05) is 7.05 Å². The zero-order chi connectivity index (χ0) is 20.5. The van der Waals surface area contributed by atoms with E-state index in [0.29, 0.717) is 17.1 Å². The summed E-state index contributed by atoms with van der Waals surface area (Å²) in [5.74, 6) is -0.0869. The van der Waals surface area contributed by atoms with Crippen molar-refractivity contribution in [3.63, 3.8) is 0 Å². The van der Waals surface area contributed by atoms with Crippen molar-refractivity contribution >= 4 is 28.4 Å². The quantitative estimate of drug-likeness (QED) is 0.522. The average Bonchev–Trinajstić information content (AvgIpc) is 3.37. The van der Waals surface area contributed by atoms with Gasteiger partial charge in [0.2, 0.25) is 0 Å². The Bertz CT molecular complexity index is 1180. The molecule has 4 rings (SSSR count). The summed E-state index contributed by atoms with van der Waals surface area (Å²) < 4.78 is 1.93. The number of fused-ring (bicyclic) bond motifs is 1. The number of aryl methyl sites for hydroxylation is 1. The first kappa shape index (κ1) is 19.2. The molecule has 0 aliphatic rings. The Morgan fingerprint density at radius 1 is 1.28 bits per heavy atom. The summed E-state index contributed by atoms with van der Waals surface area (Å²) in [6, 6.07) is 11.1. The van der Waals surface area contributed by atoms with Gasteiger partial charge in [-0.2, -0.15) is 5.10 Å². The average molecular weight is 408 g/mol. The van der Waals surface area contributed by atoms with Gasteiger partial charge in [-0.05, 0) is 50.2 Å². The number of hydrogen-bond acceptors (Lipinski definition) is 3. The summed E-state index contributed by atoms with van der Waals surface area (Å²) in [7, 11) is 1.80. The highest BCUT2D eigenvalue weighted by atomic mass is 35.5. The van der Waals surface area contributed by atoms with Crippen LogP contribution in [-0.4, -0.2) is 37.6 Å². The van der Waals surface area contributed by atoms with E-state index in [4.69, 9.17) is 16.6 Å². The summed E-state index contributed by atoms with van der Waals surface area (Å²) in [4.78, 5) is 23.0. The summed E-state index contributed by atoms with van der Waals surface area (Å²) in [5.41, 5.74) is 4.99. The lowest BCUT2D eigenvalue weighted by Crippen LogP contribution is -2.26. The van der Waals surface area contributed by atoms with E-state index in [9.17, 15) is 4.79 Å². The third-order valence-corrected chi connectivity index (χ3v) is 5.37. The molecule has 0 radical (unpaired) electrons. The monoisotopic (exact) mass is 407 g/mol. The van der Waals surface area contributed by atoms with Crippen LogP contribution in [0, 0.1) is 6.92 Å². The fraction of sp³-hybridized carbons (Fsp3) is 0.227. The highest BCUT2D eigenvalue weighted by Gasteiger charge is 2.19. The number of amides is 1. The molecule has 0 fully saturated rings. The zero-order valence-electron chi connectivity index (χ0n) is 16.6. The number of aromatic nitrogens is 4. The second kappa shape index (κ2) is 7.72. The van der Waals surface area contributed by atoms with Crippen LogP contribution in [0.4, 0.5) is 0 Å². The predicted molar refractivity (Wildman–Crippen MR) is 115 cm³/mol. The largest absolute Gasteiger partial charge is 0.360 e. The molecule has 1 aromatic carbocycles. The van der Waals surface area contributed by atoms with Gasteiger partial charge in [-0.25, -0.2) is 4.98 Å². The van der Waals surface area contributed by atoms with Gasteiger partial charge in [0.15, 0.2) is 0 Å². The van der Waals surface area contributed by atoms with Crippen LogP contribution in [0.5, 0.6) is 0 Å². The number of benzene rings is 1. The number of nitrogens with one attached hydrogen (secondary N) is 1. The van der Waals surface area contributed by atoms with Crippen molar-refractivity contribution in [2.45, 2.75) is 26.9 Å². The van der Waals surface area contributed by atoms with Crippen LogP contribution in [0.25, 0.3) is 22.3 Å². The molecule has 3 aromatic heterocycles. The van der Waals surface area contributed by atoms with E-state index >= 15 is 0 Å².